The van der Waals surface area contributed by atoms with Crippen LogP contribution < -0.4 is 18.9 Å². The maximum Gasteiger partial charge on any atom is 0.230 e. The molecule has 0 N–H and O–H groups in total. The van der Waals surface area contributed by atoms with Crippen molar-refractivity contribution < 1.29 is 37.9 Å². The van der Waals surface area contributed by atoms with E-state index in [-0.39, 0.29) is 25.8 Å². The molecule has 10 rings (SSSR count). The Balaban J connectivity index is 0.770. The van der Waals surface area contributed by atoms with Gasteiger partial charge in [0.05, 0.1) is 51.8 Å². The van der Waals surface area contributed by atoms with Gasteiger partial charge in [-0.1, -0.05) is 72.8 Å². The molecule has 0 saturated carbocycles. The maximum atomic E-state index is 6.25. The Labute approximate surface area is 333 Å². The SMILES string of the molecule is c1cc(OCOc2ccc3cc(CC4COC4)ccc3c2)c(CC2CO2)cc1Cc1ccc(OCOc2ccc3ccc(CC4COC4)cc3c2)c(CC2CO2)c1. The van der Waals surface area contributed by atoms with E-state index in [0.29, 0.717) is 11.8 Å². The number of ether oxygens (including phenoxy) is 8. The summed E-state index contributed by atoms with van der Waals surface area (Å²) in [4.78, 5) is 0. The Kier molecular flexibility index (Phi) is 10.4. The first-order valence-electron chi connectivity index (χ1n) is 20.3. The molecule has 8 heteroatoms. The average molecular weight is 765 g/mol. The summed E-state index contributed by atoms with van der Waals surface area (Å²) in [5.41, 5.74) is 7.37. The van der Waals surface area contributed by atoms with Crippen molar-refractivity contribution in [2.45, 2.75) is 44.3 Å². The summed E-state index contributed by atoms with van der Waals surface area (Å²) >= 11 is 0. The molecule has 4 aliphatic rings. The number of fused-ring (bicyclic) bond motifs is 2. The molecule has 0 spiro atoms. The van der Waals surface area contributed by atoms with Gasteiger partial charge in [-0.2, -0.15) is 0 Å². The minimum absolute atomic E-state index is 0.124. The van der Waals surface area contributed by atoms with Crippen molar-refractivity contribution in [3.05, 3.63) is 143 Å². The summed E-state index contributed by atoms with van der Waals surface area (Å²) in [6.45, 7) is 5.27. The van der Waals surface area contributed by atoms with Crippen LogP contribution in [0, 0.1) is 11.8 Å². The summed E-state index contributed by atoms with van der Waals surface area (Å²) < 4.78 is 46.6. The molecule has 0 aromatic heterocycles. The van der Waals surface area contributed by atoms with Crippen LogP contribution in [0.4, 0.5) is 0 Å². The van der Waals surface area contributed by atoms with Crippen molar-refractivity contribution in [1.29, 1.82) is 0 Å². The van der Waals surface area contributed by atoms with E-state index in [0.717, 1.165) is 111 Å². The minimum Gasteiger partial charge on any atom is -0.457 e. The lowest BCUT2D eigenvalue weighted by Crippen LogP contribution is -2.29. The highest BCUT2D eigenvalue weighted by Crippen LogP contribution is 2.31. The van der Waals surface area contributed by atoms with Gasteiger partial charge in [-0.05, 0) is 111 Å². The van der Waals surface area contributed by atoms with Crippen LogP contribution in [0.15, 0.2) is 109 Å². The molecule has 4 heterocycles. The van der Waals surface area contributed by atoms with Gasteiger partial charge in [0.15, 0.2) is 0 Å². The highest BCUT2D eigenvalue weighted by atomic mass is 16.7. The fourth-order valence-corrected chi connectivity index (χ4v) is 7.96. The van der Waals surface area contributed by atoms with E-state index in [1.54, 1.807) is 0 Å². The number of epoxide rings is 2. The Hall–Kier alpha value is -5.12. The molecule has 6 aromatic carbocycles. The van der Waals surface area contributed by atoms with E-state index in [4.69, 9.17) is 37.9 Å². The lowest BCUT2D eigenvalue weighted by molar-refractivity contribution is -0.0312. The average Bonchev–Trinajstić information content (AvgIpc) is 4.14. The second-order valence-corrected chi connectivity index (χ2v) is 16.1. The van der Waals surface area contributed by atoms with Crippen LogP contribution in [0.5, 0.6) is 23.0 Å². The van der Waals surface area contributed by atoms with Gasteiger partial charge in [-0.15, -0.1) is 0 Å². The topological polar surface area (TPSA) is 80.4 Å². The van der Waals surface area contributed by atoms with Gasteiger partial charge >= 0.3 is 0 Å². The van der Waals surface area contributed by atoms with Gasteiger partial charge < -0.3 is 37.9 Å². The molecule has 4 saturated heterocycles. The number of benzene rings is 6. The zero-order valence-electron chi connectivity index (χ0n) is 32.2. The standard InChI is InChI=1S/C49H48O8/c1-5-38-7-9-45(21-41(38)17-33(1)15-37-26-51-27-37)55-31-57-49-12-4-35(19-43(49)23-47-29-53-47)13-34-3-11-48(42(18-34)22-46-28-52-46)56-30-54-44-10-8-39-16-32(2-6-40(39)20-44)14-36-24-50-25-36/h1-12,16-21,36-37,46-47H,13-15,22-31H2. The molecule has 8 nitrogen and oxygen atoms in total. The molecule has 0 amide bonds. The predicted octanol–water partition coefficient (Wildman–Crippen LogP) is 8.67. The summed E-state index contributed by atoms with van der Waals surface area (Å²) in [7, 11) is 0. The first kappa shape index (κ1) is 36.2. The lowest BCUT2D eigenvalue weighted by Gasteiger charge is -2.25. The zero-order valence-corrected chi connectivity index (χ0v) is 32.2. The van der Waals surface area contributed by atoms with Crippen LogP contribution in [0.3, 0.4) is 0 Å². The molecule has 57 heavy (non-hydrogen) atoms. The second kappa shape index (κ2) is 16.4. The van der Waals surface area contributed by atoms with Crippen LogP contribution >= 0.6 is 0 Å². The lowest BCUT2D eigenvalue weighted by atomic mass is 9.96. The summed E-state index contributed by atoms with van der Waals surface area (Å²) in [5.74, 6) is 4.49. The quantitative estimate of drug-likeness (QED) is 0.0636. The van der Waals surface area contributed by atoms with Crippen molar-refractivity contribution >= 4 is 21.5 Å². The van der Waals surface area contributed by atoms with Gasteiger partial charge in [0, 0.05) is 24.7 Å². The number of rotatable bonds is 18. The van der Waals surface area contributed by atoms with Gasteiger partial charge in [0.25, 0.3) is 0 Å². The maximum absolute atomic E-state index is 6.25. The highest BCUT2D eigenvalue weighted by molar-refractivity contribution is 5.85. The normalized spacial score (nSPS) is 18.9. The monoisotopic (exact) mass is 764 g/mol. The molecule has 2 unspecified atom stereocenters. The Morgan fingerprint density at radius 1 is 0.404 bits per heavy atom. The van der Waals surface area contributed by atoms with Crippen molar-refractivity contribution in [1.82, 2.24) is 0 Å². The van der Waals surface area contributed by atoms with Crippen molar-refractivity contribution in [2.24, 2.45) is 11.8 Å². The van der Waals surface area contributed by atoms with Crippen molar-refractivity contribution in [3.8, 4) is 23.0 Å². The fourth-order valence-electron chi connectivity index (χ4n) is 7.96. The van der Waals surface area contributed by atoms with E-state index in [2.05, 4.69) is 97.1 Å². The van der Waals surface area contributed by atoms with Gasteiger partial charge in [-0.3, -0.25) is 0 Å². The largest absolute Gasteiger partial charge is 0.457 e. The molecule has 2 atom stereocenters. The molecular weight excluding hydrogens is 717 g/mol. The minimum atomic E-state index is 0.124. The third-order valence-corrected chi connectivity index (χ3v) is 11.5. The molecule has 0 aliphatic carbocycles. The molecule has 6 aromatic rings. The highest BCUT2D eigenvalue weighted by Gasteiger charge is 2.26. The van der Waals surface area contributed by atoms with Crippen LogP contribution in [0.1, 0.15) is 33.4 Å². The van der Waals surface area contributed by atoms with E-state index in [1.807, 2.05) is 12.1 Å². The third-order valence-electron chi connectivity index (χ3n) is 11.5. The fraction of sp³-hybridized carbons (Fsp3) is 0.347. The molecule has 0 radical (unpaired) electrons. The summed E-state index contributed by atoms with van der Waals surface area (Å²) in [6.07, 6.45) is 4.97. The Morgan fingerprint density at radius 2 is 0.860 bits per heavy atom. The van der Waals surface area contributed by atoms with Gasteiger partial charge in [0.1, 0.15) is 23.0 Å². The van der Waals surface area contributed by atoms with E-state index in [9.17, 15) is 0 Å². The molecule has 292 valence electrons. The van der Waals surface area contributed by atoms with E-state index < -0.39 is 0 Å². The molecule has 4 fully saturated rings. The Morgan fingerprint density at radius 3 is 1.39 bits per heavy atom. The Bertz CT molecular complexity index is 2360. The third kappa shape index (κ3) is 9.21. The zero-order chi connectivity index (χ0) is 38.0. The molecular formula is C49H48O8. The van der Waals surface area contributed by atoms with Crippen LogP contribution in [0.25, 0.3) is 21.5 Å². The van der Waals surface area contributed by atoms with E-state index >= 15 is 0 Å². The van der Waals surface area contributed by atoms with Crippen LogP contribution in [-0.2, 0) is 51.1 Å². The molecule has 0 bridgehead atoms. The summed E-state index contributed by atoms with van der Waals surface area (Å²) in [6, 6.07) is 38.7. The van der Waals surface area contributed by atoms with Crippen LogP contribution in [-0.4, -0.2) is 65.4 Å². The van der Waals surface area contributed by atoms with Crippen molar-refractivity contribution in [3.63, 3.8) is 0 Å². The number of hydrogen-bond acceptors (Lipinski definition) is 8. The predicted molar refractivity (Wildman–Crippen MR) is 219 cm³/mol. The first-order valence-corrected chi connectivity index (χ1v) is 20.3. The smallest absolute Gasteiger partial charge is 0.230 e. The van der Waals surface area contributed by atoms with Crippen LogP contribution in [0.2, 0.25) is 0 Å². The summed E-state index contributed by atoms with van der Waals surface area (Å²) in [5, 5.41) is 4.74. The number of hydrogen-bond donors (Lipinski definition) is 0. The van der Waals surface area contributed by atoms with Crippen molar-refractivity contribution in [2.75, 3.05) is 53.2 Å². The second-order valence-electron chi connectivity index (χ2n) is 16.1. The first-order chi connectivity index (χ1) is 28.1. The van der Waals surface area contributed by atoms with E-state index in [1.165, 1.54) is 38.4 Å². The van der Waals surface area contributed by atoms with Gasteiger partial charge in [-0.25, -0.2) is 0 Å². The van der Waals surface area contributed by atoms with Gasteiger partial charge in [0.2, 0.25) is 13.6 Å². The molecule has 4 aliphatic heterocycles.